The maximum absolute atomic E-state index is 13.4. The highest BCUT2D eigenvalue weighted by Crippen LogP contribution is 2.39. The lowest BCUT2D eigenvalue weighted by atomic mass is 10.1. The lowest BCUT2D eigenvalue weighted by Gasteiger charge is -2.26. The lowest BCUT2D eigenvalue weighted by Crippen LogP contribution is -2.25. The van der Waals surface area contributed by atoms with Crippen LogP contribution in [0.3, 0.4) is 0 Å². The Labute approximate surface area is 193 Å². The third-order valence-electron chi connectivity index (χ3n) is 5.12. The van der Waals surface area contributed by atoms with Gasteiger partial charge in [-0.25, -0.2) is 4.39 Å². The fourth-order valence-corrected chi connectivity index (χ4v) is 4.58. The van der Waals surface area contributed by atoms with E-state index >= 15 is 0 Å². The van der Waals surface area contributed by atoms with Crippen molar-refractivity contribution in [2.45, 2.75) is 16.5 Å². The number of primary amides is 1. The Hall–Kier alpha value is -3.85. The summed E-state index contributed by atoms with van der Waals surface area (Å²) in [6.45, 7) is 0.254. The van der Waals surface area contributed by atoms with Crippen molar-refractivity contribution in [2.24, 2.45) is 5.73 Å². The fraction of sp³-hybridized carbons (Fsp3) is 0.125. The molecule has 2 heterocycles. The van der Waals surface area contributed by atoms with E-state index < -0.39 is 23.1 Å². The lowest BCUT2D eigenvalue weighted by molar-refractivity contribution is -0.117. The molecule has 0 aliphatic carbocycles. The van der Waals surface area contributed by atoms with E-state index in [1.54, 1.807) is 0 Å². The van der Waals surface area contributed by atoms with Crippen molar-refractivity contribution in [3.63, 3.8) is 0 Å². The summed E-state index contributed by atoms with van der Waals surface area (Å²) in [6, 6.07) is 22.6. The molecule has 0 radical (unpaired) electrons. The largest absolute Gasteiger partial charge is 0.485 e. The van der Waals surface area contributed by atoms with Crippen molar-refractivity contribution in [1.82, 2.24) is 14.8 Å². The molecule has 0 saturated carbocycles. The number of fused-ring (bicyclic) bond motifs is 1. The molecule has 0 spiro atoms. The normalized spacial score (nSPS) is 15.7. The van der Waals surface area contributed by atoms with E-state index in [0.717, 1.165) is 17.4 Å². The van der Waals surface area contributed by atoms with Gasteiger partial charge in [-0.15, -0.1) is 10.2 Å². The monoisotopic (exact) mass is 462 g/mol. The highest BCUT2D eigenvalue weighted by atomic mass is 32.2. The van der Waals surface area contributed by atoms with Crippen LogP contribution >= 0.6 is 11.8 Å². The van der Waals surface area contributed by atoms with E-state index in [0.29, 0.717) is 28.0 Å². The van der Waals surface area contributed by atoms with E-state index in [1.807, 2.05) is 59.2 Å². The van der Waals surface area contributed by atoms with Crippen molar-refractivity contribution in [3.8, 4) is 17.2 Å². The first-order valence-corrected chi connectivity index (χ1v) is 11.1. The van der Waals surface area contributed by atoms with E-state index in [9.17, 15) is 9.18 Å². The van der Waals surface area contributed by atoms with Crippen molar-refractivity contribution in [2.75, 3.05) is 6.61 Å². The maximum atomic E-state index is 13.4. The Morgan fingerprint density at radius 2 is 1.70 bits per heavy atom. The second-order valence-electron chi connectivity index (χ2n) is 7.33. The predicted octanol–water partition coefficient (Wildman–Crippen LogP) is 4.24. The minimum Gasteiger partial charge on any atom is -0.485 e. The first kappa shape index (κ1) is 21.0. The molecular weight excluding hydrogens is 443 g/mol. The molecule has 2 N–H and O–H groups in total. The molecule has 0 bridgehead atoms. The molecule has 5 rings (SSSR count). The van der Waals surface area contributed by atoms with Gasteiger partial charge in [0.2, 0.25) is 5.91 Å². The van der Waals surface area contributed by atoms with Gasteiger partial charge in [-0.05, 0) is 42.0 Å². The van der Waals surface area contributed by atoms with Crippen LogP contribution in [0.1, 0.15) is 22.7 Å². The molecule has 7 nitrogen and oxygen atoms in total. The third-order valence-corrected chi connectivity index (χ3v) is 6.34. The third kappa shape index (κ3) is 4.27. The van der Waals surface area contributed by atoms with Crippen LogP contribution in [-0.4, -0.2) is 27.3 Å². The van der Waals surface area contributed by atoms with Gasteiger partial charge >= 0.3 is 0 Å². The number of halogens is 1. The summed E-state index contributed by atoms with van der Waals surface area (Å²) in [5, 5.41) is 8.40. The van der Waals surface area contributed by atoms with Crippen LogP contribution < -0.4 is 15.2 Å². The minimum absolute atomic E-state index is 0.254. The van der Waals surface area contributed by atoms with Gasteiger partial charge < -0.3 is 15.2 Å². The van der Waals surface area contributed by atoms with Gasteiger partial charge in [0.25, 0.3) is 0 Å². The number of para-hydroxylation sites is 3. The number of amides is 1. The number of carbonyl (C=O) groups is 1. The Morgan fingerprint density at radius 3 is 2.42 bits per heavy atom. The van der Waals surface area contributed by atoms with Gasteiger partial charge in [-0.3, -0.25) is 9.36 Å². The number of aromatic nitrogens is 3. The summed E-state index contributed by atoms with van der Waals surface area (Å²) >= 11 is 1.14. The molecule has 2 atom stereocenters. The quantitative estimate of drug-likeness (QED) is 0.431. The van der Waals surface area contributed by atoms with Crippen molar-refractivity contribution >= 4 is 17.7 Å². The summed E-state index contributed by atoms with van der Waals surface area (Å²) in [6.07, 6.45) is -0.514. The number of rotatable bonds is 6. The SMILES string of the molecule is NC(=O)[C@H](Sc1nnc([C@H]2COc3ccccc3O2)n1-c1ccccc1)c1ccc(F)cc1. The summed E-state index contributed by atoms with van der Waals surface area (Å²) < 4.78 is 27.2. The van der Waals surface area contributed by atoms with Crippen LogP contribution in [0, 0.1) is 5.82 Å². The summed E-state index contributed by atoms with van der Waals surface area (Å²) in [5.74, 6) is 0.852. The molecule has 3 aromatic carbocycles. The standard InChI is InChI=1S/C24H19FN4O3S/c25-16-12-10-15(11-13-16)21(22(26)30)33-24-28-27-23(29(24)17-6-2-1-3-7-17)20-14-31-18-8-4-5-9-19(18)32-20/h1-13,20-21H,14H2,(H2,26,30)/t20-,21-/m1/s1. The first-order valence-electron chi connectivity index (χ1n) is 10.2. The number of hydrogen-bond acceptors (Lipinski definition) is 6. The van der Waals surface area contributed by atoms with E-state index in [1.165, 1.54) is 24.3 Å². The average molecular weight is 463 g/mol. The Bertz CT molecular complexity index is 1280. The summed E-state index contributed by atoms with van der Waals surface area (Å²) in [5.41, 5.74) is 7.06. The highest BCUT2D eigenvalue weighted by Gasteiger charge is 2.31. The molecule has 0 unspecified atom stereocenters. The number of benzene rings is 3. The van der Waals surface area contributed by atoms with Gasteiger partial charge in [0.15, 0.2) is 28.6 Å². The topological polar surface area (TPSA) is 92.3 Å². The highest BCUT2D eigenvalue weighted by molar-refractivity contribution is 8.00. The summed E-state index contributed by atoms with van der Waals surface area (Å²) in [7, 11) is 0. The van der Waals surface area contributed by atoms with Crippen molar-refractivity contribution in [1.29, 1.82) is 0 Å². The molecule has 1 aliphatic rings. The number of nitrogens with zero attached hydrogens (tertiary/aromatic N) is 3. The van der Waals surface area contributed by atoms with Crippen LogP contribution in [0.5, 0.6) is 11.5 Å². The maximum Gasteiger partial charge on any atom is 0.235 e. The second-order valence-corrected chi connectivity index (χ2v) is 8.40. The van der Waals surface area contributed by atoms with E-state index in [4.69, 9.17) is 15.2 Å². The van der Waals surface area contributed by atoms with Crippen LogP contribution in [-0.2, 0) is 4.79 Å². The smallest absolute Gasteiger partial charge is 0.235 e. The molecule has 9 heteroatoms. The second kappa shape index (κ2) is 8.95. The molecule has 1 aromatic heterocycles. The van der Waals surface area contributed by atoms with Gasteiger partial charge in [0.1, 0.15) is 17.7 Å². The van der Waals surface area contributed by atoms with Crippen molar-refractivity contribution in [3.05, 3.63) is 96.1 Å². The van der Waals surface area contributed by atoms with E-state index in [2.05, 4.69) is 10.2 Å². The van der Waals surface area contributed by atoms with Gasteiger partial charge in [-0.2, -0.15) is 0 Å². The number of thioether (sulfide) groups is 1. The number of hydrogen-bond donors (Lipinski definition) is 1. The molecule has 4 aromatic rings. The molecule has 33 heavy (non-hydrogen) atoms. The fourth-order valence-electron chi connectivity index (χ4n) is 3.57. The van der Waals surface area contributed by atoms with Crippen molar-refractivity contribution < 1.29 is 18.7 Å². The number of ether oxygens (including phenoxy) is 2. The zero-order valence-electron chi connectivity index (χ0n) is 17.3. The minimum atomic E-state index is -0.783. The average Bonchev–Trinajstić information content (AvgIpc) is 3.27. The molecule has 1 aliphatic heterocycles. The van der Waals surface area contributed by atoms with Crippen LogP contribution in [0.4, 0.5) is 4.39 Å². The number of carbonyl (C=O) groups excluding carboxylic acids is 1. The van der Waals surface area contributed by atoms with Gasteiger partial charge in [-0.1, -0.05) is 54.2 Å². The van der Waals surface area contributed by atoms with Crippen LogP contribution in [0.15, 0.2) is 84.0 Å². The number of nitrogens with two attached hydrogens (primary N) is 1. The Balaban J connectivity index is 1.54. The molecule has 1 amide bonds. The molecule has 0 fully saturated rings. The Kier molecular flexibility index (Phi) is 5.70. The summed E-state index contributed by atoms with van der Waals surface area (Å²) in [4.78, 5) is 12.3. The van der Waals surface area contributed by atoms with E-state index in [-0.39, 0.29) is 6.61 Å². The van der Waals surface area contributed by atoms with Gasteiger partial charge in [0, 0.05) is 5.69 Å². The van der Waals surface area contributed by atoms with Crippen LogP contribution in [0.2, 0.25) is 0 Å². The van der Waals surface area contributed by atoms with Crippen LogP contribution in [0.25, 0.3) is 5.69 Å². The molecule has 0 saturated heterocycles. The Morgan fingerprint density at radius 1 is 1.00 bits per heavy atom. The van der Waals surface area contributed by atoms with Gasteiger partial charge in [0.05, 0.1) is 0 Å². The zero-order chi connectivity index (χ0) is 22.8. The predicted molar refractivity (Wildman–Crippen MR) is 121 cm³/mol. The molecule has 166 valence electrons. The first-order chi connectivity index (χ1) is 16.1. The molecular formula is C24H19FN4O3S. The zero-order valence-corrected chi connectivity index (χ0v) is 18.1.